The summed E-state index contributed by atoms with van der Waals surface area (Å²) >= 11 is 6.04. The van der Waals surface area contributed by atoms with Gasteiger partial charge in [-0.1, -0.05) is 24.2 Å². The third-order valence-electron chi connectivity index (χ3n) is 3.93. The summed E-state index contributed by atoms with van der Waals surface area (Å²) in [5.74, 6) is 0.0956. The molecule has 3 N–H and O–H groups in total. The van der Waals surface area contributed by atoms with Crippen molar-refractivity contribution in [2.24, 2.45) is 12.8 Å². The van der Waals surface area contributed by atoms with Crippen LogP contribution in [0.1, 0.15) is 11.3 Å². The maximum atomic E-state index is 11.5. The van der Waals surface area contributed by atoms with Crippen LogP contribution in [0.5, 0.6) is 0 Å². The number of halogens is 1. The zero-order chi connectivity index (χ0) is 18.8. The predicted octanol–water partition coefficient (Wildman–Crippen LogP) is 3.69. The molecular formula is C19H18ClN5O. The first-order valence-corrected chi connectivity index (χ1v) is 8.24. The number of amides is 1. The van der Waals surface area contributed by atoms with E-state index in [1.165, 1.54) is 0 Å². The lowest BCUT2D eigenvalue weighted by atomic mass is 10.0. The molecule has 0 radical (unpaired) electrons. The molecule has 1 amide bonds. The van der Waals surface area contributed by atoms with E-state index in [9.17, 15) is 4.79 Å². The van der Waals surface area contributed by atoms with Gasteiger partial charge in [-0.05, 0) is 36.8 Å². The van der Waals surface area contributed by atoms with E-state index in [0.29, 0.717) is 16.4 Å². The second-order valence-corrected chi connectivity index (χ2v) is 6.32. The minimum Gasteiger partial charge on any atom is -0.366 e. The van der Waals surface area contributed by atoms with Crippen molar-refractivity contribution in [1.82, 2.24) is 14.5 Å². The SMILES string of the molecule is C=C(C(N)=O)c1ccc(Nc2ccc(Cl)c(C)n2)c(-c2cn(C)cn2)c1. The molecule has 0 saturated heterocycles. The first kappa shape index (κ1) is 17.7. The minimum atomic E-state index is -0.562. The van der Waals surface area contributed by atoms with Crippen LogP contribution in [0.4, 0.5) is 11.5 Å². The van der Waals surface area contributed by atoms with Crippen LogP contribution in [0.25, 0.3) is 16.8 Å². The quantitative estimate of drug-likeness (QED) is 0.673. The van der Waals surface area contributed by atoms with Gasteiger partial charge < -0.3 is 15.6 Å². The van der Waals surface area contributed by atoms with Crippen molar-refractivity contribution >= 4 is 34.6 Å². The Morgan fingerprint density at radius 1 is 1.31 bits per heavy atom. The van der Waals surface area contributed by atoms with Crippen molar-refractivity contribution in [3.05, 3.63) is 65.7 Å². The normalized spacial score (nSPS) is 10.6. The Morgan fingerprint density at radius 3 is 2.69 bits per heavy atom. The summed E-state index contributed by atoms with van der Waals surface area (Å²) in [6.07, 6.45) is 3.59. The topological polar surface area (TPSA) is 85.8 Å². The Bertz CT molecular complexity index is 1010. The van der Waals surface area contributed by atoms with Crippen LogP contribution in [0.15, 0.2) is 49.4 Å². The monoisotopic (exact) mass is 367 g/mol. The largest absolute Gasteiger partial charge is 0.366 e. The van der Waals surface area contributed by atoms with Gasteiger partial charge in [0.2, 0.25) is 5.91 Å². The molecule has 3 rings (SSSR count). The molecule has 26 heavy (non-hydrogen) atoms. The smallest absolute Gasteiger partial charge is 0.248 e. The van der Waals surface area contributed by atoms with Gasteiger partial charge in [0.15, 0.2) is 0 Å². The Hall–Kier alpha value is -3.12. The number of hydrogen-bond donors (Lipinski definition) is 2. The van der Waals surface area contributed by atoms with Crippen LogP contribution in [-0.4, -0.2) is 20.4 Å². The second kappa shape index (κ2) is 7.01. The number of rotatable bonds is 5. The number of nitrogens with one attached hydrogen (secondary N) is 1. The number of benzene rings is 1. The number of aryl methyl sites for hydroxylation is 2. The Morgan fingerprint density at radius 2 is 2.08 bits per heavy atom. The van der Waals surface area contributed by atoms with Crippen LogP contribution in [0.3, 0.4) is 0 Å². The number of anilines is 2. The minimum absolute atomic E-state index is 0.245. The molecule has 0 saturated carbocycles. The Labute approximate surface area is 156 Å². The molecule has 0 fully saturated rings. The van der Waals surface area contributed by atoms with Gasteiger partial charge in [0.25, 0.3) is 0 Å². The summed E-state index contributed by atoms with van der Waals surface area (Å²) in [7, 11) is 1.89. The number of nitrogens with zero attached hydrogens (tertiary/aromatic N) is 3. The van der Waals surface area contributed by atoms with Gasteiger partial charge in [0.1, 0.15) is 5.82 Å². The lowest BCUT2D eigenvalue weighted by Crippen LogP contribution is -2.12. The summed E-state index contributed by atoms with van der Waals surface area (Å²) in [6.45, 7) is 5.59. The molecule has 0 bridgehead atoms. The van der Waals surface area contributed by atoms with Gasteiger partial charge in [0.05, 0.1) is 22.7 Å². The fourth-order valence-corrected chi connectivity index (χ4v) is 2.60. The van der Waals surface area contributed by atoms with Crippen LogP contribution in [-0.2, 0) is 11.8 Å². The molecule has 0 aliphatic heterocycles. The van der Waals surface area contributed by atoms with Crippen molar-refractivity contribution in [1.29, 1.82) is 0 Å². The molecule has 2 aromatic heterocycles. The van der Waals surface area contributed by atoms with Gasteiger partial charge in [-0.2, -0.15) is 0 Å². The Kier molecular flexibility index (Phi) is 4.77. The van der Waals surface area contributed by atoms with E-state index in [0.717, 1.165) is 22.6 Å². The highest BCUT2D eigenvalue weighted by Crippen LogP contribution is 2.32. The van der Waals surface area contributed by atoms with E-state index < -0.39 is 5.91 Å². The molecule has 0 aliphatic rings. The van der Waals surface area contributed by atoms with E-state index in [2.05, 4.69) is 21.9 Å². The van der Waals surface area contributed by atoms with Crippen molar-refractivity contribution < 1.29 is 4.79 Å². The highest BCUT2D eigenvalue weighted by molar-refractivity contribution is 6.31. The third-order valence-corrected chi connectivity index (χ3v) is 4.33. The number of hydrogen-bond acceptors (Lipinski definition) is 4. The number of primary amides is 1. The number of carbonyl (C=O) groups is 1. The maximum Gasteiger partial charge on any atom is 0.248 e. The third kappa shape index (κ3) is 3.60. The standard InChI is InChI=1S/C19H18ClN5O/c1-11(19(21)26)13-4-6-16(14(8-13)17-9-25(3)10-22-17)24-18-7-5-15(20)12(2)23-18/h4-10H,1H2,2-3H3,(H2,21,26)(H,23,24). The van der Waals surface area contributed by atoms with E-state index in [-0.39, 0.29) is 5.57 Å². The molecule has 0 spiro atoms. The van der Waals surface area contributed by atoms with Gasteiger partial charge in [-0.25, -0.2) is 9.97 Å². The molecule has 3 aromatic rings. The van der Waals surface area contributed by atoms with Gasteiger partial charge in [-0.15, -0.1) is 0 Å². The maximum absolute atomic E-state index is 11.5. The highest BCUT2D eigenvalue weighted by Gasteiger charge is 2.13. The fourth-order valence-electron chi connectivity index (χ4n) is 2.50. The number of carbonyl (C=O) groups excluding carboxylic acids is 1. The predicted molar refractivity (Wildman–Crippen MR) is 104 cm³/mol. The molecule has 2 heterocycles. The van der Waals surface area contributed by atoms with Crippen LogP contribution in [0.2, 0.25) is 5.02 Å². The van der Waals surface area contributed by atoms with E-state index >= 15 is 0 Å². The Balaban J connectivity index is 2.07. The van der Waals surface area contributed by atoms with Gasteiger partial charge in [-0.3, -0.25) is 4.79 Å². The molecular weight excluding hydrogens is 350 g/mol. The summed E-state index contributed by atoms with van der Waals surface area (Å²) in [4.78, 5) is 20.3. The van der Waals surface area contributed by atoms with Gasteiger partial charge >= 0.3 is 0 Å². The second-order valence-electron chi connectivity index (χ2n) is 5.92. The fraction of sp³-hybridized carbons (Fsp3) is 0.105. The summed E-state index contributed by atoms with van der Waals surface area (Å²) in [6, 6.07) is 9.05. The van der Waals surface area contributed by atoms with Crippen molar-refractivity contribution in [3.8, 4) is 11.3 Å². The average molecular weight is 368 g/mol. The summed E-state index contributed by atoms with van der Waals surface area (Å²) in [5.41, 5.74) is 9.32. The number of aromatic nitrogens is 3. The summed E-state index contributed by atoms with van der Waals surface area (Å²) in [5, 5.41) is 3.88. The molecule has 6 nitrogen and oxygen atoms in total. The molecule has 1 aromatic carbocycles. The molecule has 0 unspecified atom stereocenters. The molecule has 0 aliphatic carbocycles. The van der Waals surface area contributed by atoms with Crippen LogP contribution >= 0.6 is 11.6 Å². The van der Waals surface area contributed by atoms with Crippen molar-refractivity contribution in [2.75, 3.05) is 5.32 Å². The van der Waals surface area contributed by atoms with Crippen LogP contribution in [0, 0.1) is 6.92 Å². The molecule has 132 valence electrons. The van der Waals surface area contributed by atoms with E-state index in [1.807, 2.05) is 36.9 Å². The molecule has 0 atom stereocenters. The van der Waals surface area contributed by atoms with Crippen molar-refractivity contribution in [2.45, 2.75) is 6.92 Å². The first-order valence-electron chi connectivity index (χ1n) is 7.87. The van der Waals surface area contributed by atoms with Crippen molar-refractivity contribution in [3.63, 3.8) is 0 Å². The lowest BCUT2D eigenvalue weighted by molar-refractivity contribution is -0.112. The highest BCUT2D eigenvalue weighted by atomic mass is 35.5. The van der Waals surface area contributed by atoms with E-state index in [4.69, 9.17) is 17.3 Å². The van der Waals surface area contributed by atoms with E-state index in [1.54, 1.807) is 24.5 Å². The lowest BCUT2D eigenvalue weighted by Gasteiger charge is -2.13. The zero-order valence-electron chi connectivity index (χ0n) is 14.5. The number of pyridine rings is 1. The molecule has 7 heteroatoms. The number of nitrogens with two attached hydrogens (primary N) is 1. The zero-order valence-corrected chi connectivity index (χ0v) is 15.2. The average Bonchev–Trinajstić information content (AvgIpc) is 3.04. The summed E-state index contributed by atoms with van der Waals surface area (Å²) < 4.78 is 1.85. The first-order chi connectivity index (χ1) is 12.3. The van der Waals surface area contributed by atoms with Crippen LogP contribution < -0.4 is 11.1 Å². The van der Waals surface area contributed by atoms with Gasteiger partial charge in [0, 0.05) is 30.1 Å². The number of imidazole rings is 1.